The maximum absolute atomic E-state index is 6.34. The first-order chi connectivity index (χ1) is 12.3. The number of aromatic nitrogens is 2. The average Bonchev–Trinajstić information content (AvgIpc) is 3.20. The molecule has 0 aliphatic rings. The molecule has 2 aromatic carbocycles. The molecule has 0 spiro atoms. The van der Waals surface area contributed by atoms with Gasteiger partial charge in [-0.15, -0.1) is 0 Å². The molecule has 1 unspecified atom stereocenters. The lowest BCUT2D eigenvalue weighted by atomic mass is 10.1. The third-order valence-electron chi connectivity index (χ3n) is 3.87. The second-order valence-corrected chi connectivity index (χ2v) is 5.49. The zero-order valence-corrected chi connectivity index (χ0v) is 14.4. The van der Waals surface area contributed by atoms with Gasteiger partial charge >= 0.3 is 0 Å². The minimum atomic E-state index is -0.0334. The summed E-state index contributed by atoms with van der Waals surface area (Å²) in [6.45, 7) is 2.11. The largest absolute Gasteiger partial charge is 0.485 e. The molecule has 0 N–H and O–H groups in total. The fourth-order valence-corrected chi connectivity index (χ4v) is 2.67. The molecule has 0 radical (unpaired) electrons. The van der Waals surface area contributed by atoms with Gasteiger partial charge in [0.2, 0.25) is 0 Å². The highest BCUT2D eigenvalue weighted by Gasteiger charge is 2.17. The molecule has 3 rings (SSSR count). The van der Waals surface area contributed by atoms with Gasteiger partial charge in [0.05, 0.1) is 5.56 Å². The molecule has 128 valence electrons. The van der Waals surface area contributed by atoms with E-state index in [1.807, 2.05) is 48.7 Å². The molecular weight excluding hydrogens is 314 g/mol. The summed E-state index contributed by atoms with van der Waals surface area (Å²) in [6, 6.07) is 18.0. The second kappa shape index (κ2) is 8.15. The van der Waals surface area contributed by atoms with Crippen molar-refractivity contribution in [3.05, 3.63) is 84.4 Å². The van der Waals surface area contributed by atoms with Crippen molar-refractivity contribution < 1.29 is 9.57 Å². The van der Waals surface area contributed by atoms with Crippen molar-refractivity contribution in [3.63, 3.8) is 0 Å². The molecule has 5 heteroatoms. The molecule has 0 aliphatic heterocycles. The predicted octanol–water partition coefficient (Wildman–Crippen LogP) is 4.27. The Labute approximate surface area is 147 Å². The molecule has 0 saturated heterocycles. The Morgan fingerprint density at radius 2 is 1.88 bits per heavy atom. The standard InChI is InChI=1S/C20H21N3O2/c1-3-18(16-9-5-4-6-10-16)25-19-12-8-7-11-17(19)20(22-24-2)23-14-13-21-15-23/h4-15,18H,3H2,1-2H3. The van der Waals surface area contributed by atoms with Crippen LogP contribution in [0.25, 0.3) is 0 Å². The van der Waals surface area contributed by atoms with E-state index >= 15 is 0 Å². The van der Waals surface area contributed by atoms with E-state index in [0.717, 1.165) is 23.3 Å². The van der Waals surface area contributed by atoms with E-state index in [0.29, 0.717) is 5.84 Å². The molecule has 5 nitrogen and oxygen atoms in total. The average molecular weight is 335 g/mol. The first kappa shape index (κ1) is 16.8. The lowest BCUT2D eigenvalue weighted by molar-refractivity contribution is 0.199. The van der Waals surface area contributed by atoms with Crippen LogP contribution in [0.5, 0.6) is 5.75 Å². The summed E-state index contributed by atoms with van der Waals surface area (Å²) in [4.78, 5) is 9.13. The number of hydrogen-bond donors (Lipinski definition) is 0. The van der Waals surface area contributed by atoms with Crippen LogP contribution in [0.4, 0.5) is 0 Å². The van der Waals surface area contributed by atoms with Crippen LogP contribution in [-0.4, -0.2) is 22.5 Å². The monoisotopic (exact) mass is 335 g/mol. The van der Waals surface area contributed by atoms with E-state index in [9.17, 15) is 0 Å². The highest BCUT2D eigenvalue weighted by molar-refractivity contribution is 6.02. The molecule has 3 aromatic rings. The van der Waals surface area contributed by atoms with E-state index < -0.39 is 0 Å². The third kappa shape index (κ3) is 3.88. The Morgan fingerprint density at radius 3 is 2.56 bits per heavy atom. The van der Waals surface area contributed by atoms with Crippen molar-refractivity contribution >= 4 is 5.84 Å². The van der Waals surface area contributed by atoms with Gasteiger partial charge < -0.3 is 9.57 Å². The van der Waals surface area contributed by atoms with Crippen LogP contribution >= 0.6 is 0 Å². The van der Waals surface area contributed by atoms with Gasteiger partial charge in [-0.2, -0.15) is 0 Å². The predicted molar refractivity (Wildman–Crippen MR) is 97.7 cm³/mol. The highest BCUT2D eigenvalue weighted by atomic mass is 16.6. The fourth-order valence-electron chi connectivity index (χ4n) is 2.67. The van der Waals surface area contributed by atoms with Crippen LogP contribution in [0.15, 0.2) is 78.5 Å². The summed E-state index contributed by atoms with van der Waals surface area (Å²) in [5.41, 5.74) is 1.99. The van der Waals surface area contributed by atoms with Crippen LogP contribution in [0.2, 0.25) is 0 Å². The molecule has 0 fully saturated rings. The van der Waals surface area contributed by atoms with Crippen molar-refractivity contribution in [1.82, 2.24) is 9.55 Å². The summed E-state index contributed by atoms with van der Waals surface area (Å²) in [5, 5.41) is 4.16. The number of para-hydroxylation sites is 1. The van der Waals surface area contributed by atoms with Gasteiger partial charge in [0.1, 0.15) is 25.3 Å². The number of imidazole rings is 1. The molecule has 0 amide bonds. The zero-order valence-electron chi connectivity index (χ0n) is 14.4. The number of nitrogens with zero attached hydrogens (tertiary/aromatic N) is 3. The summed E-state index contributed by atoms with van der Waals surface area (Å²) in [6.07, 6.45) is 6.04. The Morgan fingerprint density at radius 1 is 1.12 bits per heavy atom. The molecule has 0 aliphatic carbocycles. The number of hydrogen-bond acceptors (Lipinski definition) is 4. The minimum Gasteiger partial charge on any atom is -0.485 e. The summed E-state index contributed by atoms with van der Waals surface area (Å²) < 4.78 is 8.14. The maximum atomic E-state index is 6.34. The van der Waals surface area contributed by atoms with Crippen LogP contribution in [0, 0.1) is 0 Å². The number of benzene rings is 2. The number of oxime groups is 1. The Hall–Kier alpha value is -3.08. The second-order valence-electron chi connectivity index (χ2n) is 5.49. The van der Waals surface area contributed by atoms with Gasteiger partial charge in [-0.3, -0.25) is 4.57 Å². The lowest BCUT2D eigenvalue weighted by Crippen LogP contribution is -2.15. The van der Waals surface area contributed by atoms with Crippen LogP contribution in [0.1, 0.15) is 30.6 Å². The van der Waals surface area contributed by atoms with E-state index in [4.69, 9.17) is 9.57 Å². The molecule has 1 atom stereocenters. The quantitative estimate of drug-likeness (QED) is 0.384. The molecular formula is C20H21N3O2. The van der Waals surface area contributed by atoms with Crippen molar-refractivity contribution in [2.45, 2.75) is 19.4 Å². The van der Waals surface area contributed by atoms with E-state index in [1.165, 1.54) is 7.11 Å². The van der Waals surface area contributed by atoms with Crippen LogP contribution in [-0.2, 0) is 4.84 Å². The summed E-state index contributed by atoms with van der Waals surface area (Å²) >= 11 is 0. The zero-order chi connectivity index (χ0) is 17.5. The maximum Gasteiger partial charge on any atom is 0.188 e. The Balaban J connectivity index is 1.97. The van der Waals surface area contributed by atoms with Gasteiger partial charge in [0, 0.05) is 12.4 Å². The summed E-state index contributed by atoms with van der Waals surface area (Å²) in [7, 11) is 1.53. The fraction of sp³-hybridized carbons (Fsp3) is 0.200. The first-order valence-electron chi connectivity index (χ1n) is 8.24. The van der Waals surface area contributed by atoms with Crippen LogP contribution in [0.3, 0.4) is 0 Å². The van der Waals surface area contributed by atoms with E-state index in [2.05, 4.69) is 29.2 Å². The molecule has 1 heterocycles. The van der Waals surface area contributed by atoms with Crippen molar-refractivity contribution in [3.8, 4) is 5.75 Å². The van der Waals surface area contributed by atoms with Gasteiger partial charge in [0.15, 0.2) is 5.84 Å². The Kier molecular flexibility index (Phi) is 5.46. The Bertz CT molecular complexity index is 814. The van der Waals surface area contributed by atoms with Crippen molar-refractivity contribution in [2.75, 3.05) is 7.11 Å². The SMILES string of the molecule is CCC(Oc1ccccc1C(=NOC)n1ccnc1)c1ccccc1. The molecule has 0 bridgehead atoms. The molecule has 25 heavy (non-hydrogen) atoms. The molecule has 0 saturated carbocycles. The van der Waals surface area contributed by atoms with Gasteiger partial charge in [0.25, 0.3) is 0 Å². The molecule has 1 aromatic heterocycles. The number of rotatable bonds is 6. The third-order valence-corrected chi connectivity index (χ3v) is 3.87. The smallest absolute Gasteiger partial charge is 0.188 e. The normalized spacial score (nSPS) is 12.6. The van der Waals surface area contributed by atoms with Crippen molar-refractivity contribution in [2.24, 2.45) is 5.16 Å². The van der Waals surface area contributed by atoms with Crippen LogP contribution < -0.4 is 4.74 Å². The number of ether oxygens (including phenoxy) is 1. The van der Waals surface area contributed by atoms with E-state index in [-0.39, 0.29) is 6.10 Å². The minimum absolute atomic E-state index is 0.0334. The highest BCUT2D eigenvalue weighted by Crippen LogP contribution is 2.28. The van der Waals surface area contributed by atoms with Gasteiger partial charge in [-0.25, -0.2) is 4.98 Å². The first-order valence-corrected chi connectivity index (χ1v) is 8.24. The summed E-state index contributed by atoms with van der Waals surface area (Å²) in [5.74, 6) is 1.38. The topological polar surface area (TPSA) is 48.6 Å². The van der Waals surface area contributed by atoms with Crippen molar-refractivity contribution in [1.29, 1.82) is 0 Å². The lowest BCUT2D eigenvalue weighted by Gasteiger charge is -2.20. The van der Waals surface area contributed by atoms with Gasteiger partial charge in [-0.1, -0.05) is 54.5 Å². The van der Waals surface area contributed by atoms with E-state index in [1.54, 1.807) is 17.1 Å². The van der Waals surface area contributed by atoms with Gasteiger partial charge in [-0.05, 0) is 24.1 Å².